The van der Waals surface area contributed by atoms with Gasteiger partial charge in [0.2, 0.25) is 5.91 Å². The van der Waals surface area contributed by atoms with Crippen molar-refractivity contribution in [2.24, 2.45) is 0 Å². The molecule has 3 aromatic rings. The summed E-state index contributed by atoms with van der Waals surface area (Å²) < 4.78 is 5.34. The van der Waals surface area contributed by atoms with Gasteiger partial charge in [-0.2, -0.15) is 4.98 Å². The molecule has 1 aliphatic rings. The van der Waals surface area contributed by atoms with Gasteiger partial charge in [-0.1, -0.05) is 28.9 Å². The van der Waals surface area contributed by atoms with Crippen molar-refractivity contribution in [2.75, 3.05) is 11.4 Å². The lowest BCUT2D eigenvalue weighted by molar-refractivity contribution is -0.117. The minimum Gasteiger partial charge on any atom is -0.334 e. The Morgan fingerprint density at radius 3 is 2.80 bits per heavy atom. The van der Waals surface area contributed by atoms with Crippen molar-refractivity contribution in [1.82, 2.24) is 15.1 Å². The maximum absolute atomic E-state index is 12.5. The Morgan fingerprint density at radius 1 is 1.24 bits per heavy atom. The molecule has 0 aliphatic carbocycles. The van der Waals surface area contributed by atoms with E-state index in [0.717, 1.165) is 16.8 Å². The van der Waals surface area contributed by atoms with Crippen molar-refractivity contribution >= 4 is 23.2 Å². The molecular weight excluding hydrogens is 340 g/mol. The van der Waals surface area contributed by atoms with E-state index < -0.39 is 0 Å². The van der Waals surface area contributed by atoms with Crippen LogP contribution in [0.3, 0.4) is 0 Å². The summed E-state index contributed by atoms with van der Waals surface area (Å²) >= 11 is 6.30. The summed E-state index contributed by atoms with van der Waals surface area (Å²) in [5, 5.41) is 4.63. The Kier molecular flexibility index (Phi) is 3.97. The third-order valence-electron chi connectivity index (χ3n) is 4.32. The molecule has 0 N–H and O–H groups in total. The summed E-state index contributed by atoms with van der Waals surface area (Å²) in [6.07, 6.45) is 3.67. The fraction of sp³-hybridized carbons (Fsp3) is 0.222. The van der Waals surface area contributed by atoms with Gasteiger partial charge in [0, 0.05) is 36.8 Å². The van der Waals surface area contributed by atoms with E-state index in [0.29, 0.717) is 29.7 Å². The Labute approximate surface area is 149 Å². The molecule has 1 fully saturated rings. The highest BCUT2D eigenvalue weighted by Crippen LogP contribution is 2.36. The monoisotopic (exact) mass is 354 g/mol. The van der Waals surface area contributed by atoms with E-state index in [9.17, 15) is 4.79 Å². The lowest BCUT2D eigenvalue weighted by Gasteiger charge is -2.20. The first-order valence-electron chi connectivity index (χ1n) is 7.93. The zero-order valence-corrected chi connectivity index (χ0v) is 14.3. The molecule has 1 aliphatic heterocycles. The zero-order valence-electron chi connectivity index (χ0n) is 13.5. The van der Waals surface area contributed by atoms with Crippen LogP contribution in [-0.2, 0) is 4.79 Å². The summed E-state index contributed by atoms with van der Waals surface area (Å²) in [4.78, 5) is 22.6. The number of pyridine rings is 1. The molecule has 0 saturated carbocycles. The van der Waals surface area contributed by atoms with Crippen molar-refractivity contribution < 1.29 is 9.32 Å². The Bertz CT molecular complexity index is 906. The average molecular weight is 355 g/mol. The molecule has 25 heavy (non-hydrogen) atoms. The zero-order chi connectivity index (χ0) is 17.4. The number of hydrogen-bond donors (Lipinski definition) is 0. The largest absolute Gasteiger partial charge is 0.334 e. The van der Waals surface area contributed by atoms with Crippen LogP contribution < -0.4 is 4.90 Å². The molecule has 1 aromatic carbocycles. The van der Waals surface area contributed by atoms with E-state index >= 15 is 0 Å². The number of halogens is 1. The summed E-state index contributed by atoms with van der Waals surface area (Å²) in [5.74, 6) is 0.851. The Balaban J connectivity index is 1.60. The van der Waals surface area contributed by atoms with Gasteiger partial charge in [-0.15, -0.1) is 0 Å². The standard InChI is InChI=1S/C18H15ClN4O2/c1-11-3-2-4-14(19)16(11)23-10-13(9-15(23)24)17-21-18(25-22-17)12-5-7-20-8-6-12/h2-8,13H,9-10H2,1H3. The van der Waals surface area contributed by atoms with Crippen LogP contribution >= 0.6 is 11.6 Å². The number of aromatic nitrogens is 3. The van der Waals surface area contributed by atoms with Gasteiger partial charge in [0.15, 0.2) is 5.82 Å². The molecule has 1 saturated heterocycles. The van der Waals surface area contributed by atoms with E-state index in [4.69, 9.17) is 16.1 Å². The van der Waals surface area contributed by atoms with Crippen molar-refractivity contribution in [2.45, 2.75) is 19.3 Å². The predicted molar refractivity (Wildman–Crippen MR) is 93.4 cm³/mol. The average Bonchev–Trinajstić information content (AvgIpc) is 3.23. The number of anilines is 1. The first kappa shape index (κ1) is 15.8. The normalized spacial score (nSPS) is 17.3. The highest BCUT2D eigenvalue weighted by Gasteiger charge is 2.36. The Hall–Kier alpha value is -2.73. The van der Waals surface area contributed by atoms with Gasteiger partial charge in [-0.05, 0) is 30.7 Å². The molecular formula is C18H15ClN4O2. The molecule has 2 aromatic heterocycles. The van der Waals surface area contributed by atoms with Crippen LogP contribution in [0.15, 0.2) is 47.2 Å². The molecule has 3 heterocycles. The molecule has 0 spiro atoms. The van der Waals surface area contributed by atoms with Gasteiger partial charge in [-0.3, -0.25) is 9.78 Å². The van der Waals surface area contributed by atoms with Crippen LogP contribution in [0.2, 0.25) is 5.02 Å². The molecule has 1 amide bonds. The first-order valence-corrected chi connectivity index (χ1v) is 8.31. The van der Waals surface area contributed by atoms with E-state index in [-0.39, 0.29) is 11.8 Å². The number of hydrogen-bond acceptors (Lipinski definition) is 5. The summed E-state index contributed by atoms with van der Waals surface area (Å²) in [7, 11) is 0. The minimum atomic E-state index is -0.123. The van der Waals surface area contributed by atoms with E-state index in [2.05, 4.69) is 15.1 Å². The fourth-order valence-corrected chi connectivity index (χ4v) is 3.40. The van der Waals surface area contributed by atoms with Gasteiger partial charge in [0.1, 0.15) is 0 Å². The molecule has 1 atom stereocenters. The third-order valence-corrected chi connectivity index (χ3v) is 4.62. The number of para-hydroxylation sites is 1. The van der Waals surface area contributed by atoms with Crippen LogP contribution in [0.1, 0.15) is 23.7 Å². The smallest absolute Gasteiger partial charge is 0.258 e. The van der Waals surface area contributed by atoms with E-state index in [1.807, 2.05) is 19.1 Å². The lowest BCUT2D eigenvalue weighted by Crippen LogP contribution is -2.25. The van der Waals surface area contributed by atoms with Crippen LogP contribution in [0.5, 0.6) is 0 Å². The van der Waals surface area contributed by atoms with E-state index in [1.54, 1.807) is 35.5 Å². The summed E-state index contributed by atoms with van der Waals surface area (Å²) in [6, 6.07) is 9.21. The van der Waals surface area contributed by atoms with Gasteiger partial charge in [0.25, 0.3) is 5.89 Å². The van der Waals surface area contributed by atoms with Crippen LogP contribution in [0.4, 0.5) is 5.69 Å². The molecule has 6 nitrogen and oxygen atoms in total. The number of carbonyl (C=O) groups excluding carboxylic acids is 1. The fourth-order valence-electron chi connectivity index (χ4n) is 3.07. The molecule has 1 unspecified atom stereocenters. The maximum Gasteiger partial charge on any atom is 0.258 e. The van der Waals surface area contributed by atoms with Crippen LogP contribution in [0, 0.1) is 6.92 Å². The second-order valence-corrected chi connectivity index (χ2v) is 6.41. The lowest BCUT2D eigenvalue weighted by atomic mass is 10.1. The summed E-state index contributed by atoms with van der Waals surface area (Å²) in [5.41, 5.74) is 2.53. The number of nitrogens with zero attached hydrogens (tertiary/aromatic N) is 4. The highest BCUT2D eigenvalue weighted by molar-refractivity contribution is 6.34. The van der Waals surface area contributed by atoms with Crippen molar-refractivity contribution in [1.29, 1.82) is 0 Å². The van der Waals surface area contributed by atoms with Crippen molar-refractivity contribution in [3.05, 3.63) is 59.1 Å². The van der Waals surface area contributed by atoms with Crippen molar-refractivity contribution in [3.63, 3.8) is 0 Å². The molecule has 4 rings (SSSR count). The van der Waals surface area contributed by atoms with Gasteiger partial charge in [0.05, 0.1) is 10.7 Å². The van der Waals surface area contributed by atoms with E-state index in [1.165, 1.54) is 0 Å². The van der Waals surface area contributed by atoms with Gasteiger partial charge in [-0.25, -0.2) is 0 Å². The number of rotatable bonds is 3. The highest BCUT2D eigenvalue weighted by atomic mass is 35.5. The van der Waals surface area contributed by atoms with Crippen LogP contribution in [-0.4, -0.2) is 27.6 Å². The SMILES string of the molecule is Cc1cccc(Cl)c1N1CC(c2noc(-c3ccncc3)n2)CC1=O. The molecule has 126 valence electrons. The maximum atomic E-state index is 12.5. The molecule has 0 bridgehead atoms. The number of carbonyl (C=O) groups is 1. The number of amides is 1. The first-order chi connectivity index (χ1) is 12.1. The van der Waals surface area contributed by atoms with Crippen LogP contribution in [0.25, 0.3) is 11.5 Å². The molecule has 7 heteroatoms. The van der Waals surface area contributed by atoms with Gasteiger partial charge >= 0.3 is 0 Å². The third kappa shape index (κ3) is 2.89. The summed E-state index contributed by atoms with van der Waals surface area (Å²) in [6.45, 7) is 2.43. The number of benzene rings is 1. The molecule has 0 radical (unpaired) electrons. The minimum absolute atomic E-state index is 0.0106. The number of aryl methyl sites for hydroxylation is 1. The quantitative estimate of drug-likeness (QED) is 0.718. The predicted octanol–water partition coefficient (Wildman–Crippen LogP) is 3.61. The second kappa shape index (κ2) is 6.29. The Morgan fingerprint density at radius 2 is 2.04 bits per heavy atom. The van der Waals surface area contributed by atoms with Gasteiger partial charge < -0.3 is 9.42 Å². The topological polar surface area (TPSA) is 72.1 Å². The van der Waals surface area contributed by atoms with Crippen molar-refractivity contribution in [3.8, 4) is 11.5 Å². The second-order valence-electron chi connectivity index (χ2n) is 6.00.